The summed E-state index contributed by atoms with van der Waals surface area (Å²) in [7, 11) is 0. The molecule has 0 N–H and O–H groups in total. The second kappa shape index (κ2) is 6.15. The Morgan fingerprint density at radius 1 is 1.43 bits per heavy atom. The van der Waals surface area contributed by atoms with E-state index in [9.17, 15) is 23.7 Å². The number of carbonyl (C=O) groups excluding carboxylic acids is 1. The van der Waals surface area contributed by atoms with Crippen LogP contribution in [0.15, 0.2) is 18.2 Å². The summed E-state index contributed by atoms with van der Waals surface area (Å²) in [5.74, 6) is -0.0757. The van der Waals surface area contributed by atoms with Crippen LogP contribution in [0.1, 0.15) is 38.2 Å². The van der Waals surface area contributed by atoms with Gasteiger partial charge in [-0.2, -0.15) is 0 Å². The number of alkyl halides is 2. The lowest BCUT2D eigenvalue weighted by atomic mass is 9.97. The average molecular weight is 298 g/mol. The first-order chi connectivity index (χ1) is 9.91. The summed E-state index contributed by atoms with van der Waals surface area (Å²) in [5, 5.41) is 10.7. The van der Waals surface area contributed by atoms with Gasteiger partial charge in [0.15, 0.2) is 5.78 Å². The Labute approximate surface area is 120 Å². The molecule has 114 valence electrons. The van der Waals surface area contributed by atoms with Crippen molar-refractivity contribution in [3.8, 4) is 0 Å². The number of ketones is 1. The van der Waals surface area contributed by atoms with Crippen molar-refractivity contribution in [2.45, 2.75) is 38.7 Å². The first-order valence-electron chi connectivity index (χ1n) is 6.75. The molecule has 1 aromatic rings. The SMILES string of the molecule is CC(=O)C1CCCCN1c1ccc([N+](=O)[O-])cc1C(F)F. The van der Waals surface area contributed by atoms with Crippen molar-refractivity contribution in [1.82, 2.24) is 0 Å². The molecule has 0 aliphatic carbocycles. The number of nitro groups is 1. The molecule has 1 atom stereocenters. The maximum absolute atomic E-state index is 13.2. The van der Waals surface area contributed by atoms with E-state index in [1.54, 1.807) is 4.90 Å². The van der Waals surface area contributed by atoms with E-state index >= 15 is 0 Å². The Bertz CT molecular complexity index is 563. The molecule has 0 spiro atoms. The molecule has 1 aliphatic heterocycles. The van der Waals surface area contributed by atoms with Crippen molar-refractivity contribution in [3.05, 3.63) is 33.9 Å². The van der Waals surface area contributed by atoms with Crippen LogP contribution < -0.4 is 4.90 Å². The lowest BCUT2D eigenvalue weighted by Crippen LogP contribution is -2.44. The standard InChI is InChI=1S/C14H16F2N2O3/c1-9(19)12-4-2-3-7-17(12)13-6-5-10(18(20)21)8-11(13)14(15)16/h5-6,8,12,14H,2-4,7H2,1H3. The van der Waals surface area contributed by atoms with E-state index in [-0.39, 0.29) is 17.2 Å². The summed E-state index contributed by atoms with van der Waals surface area (Å²) in [4.78, 5) is 23.4. The third-order valence-corrected chi connectivity index (χ3v) is 3.74. The third kappa shape index (κ3) is 3.17. The fourth-order valence-corrected chi connectivity index (χ4v) is 2.73. The van der Waals surface area contributed by atoms with Crippen LogP contribution >= 0.6 is 0 Å². The van der Waals surface area contributed by atoms with Gasteiger partial charge in [-0.25, -0.2) is 8.78 Å². The van der Waals surface area contributed by atoms with Crippen LogP contribution in [-0.2, 0) is 4.79 Å². The molecule has 0 amide bonds. The zero-order valence-corrected chi connectivity index (χ0v) is 11.6. The van der Waals surface area contributed by atoms with E-state index < -0.39 is 23.0 Å². The van der Waals surface area contributed by atoms with Crippen LogP contribution in [0.25, 0.3) is 0 Å². The van der Waals surface area contributed by atoms with Gasteiger partial charge in [0.1, 0.15) is 0 Å². The molecule has 21 heavy (non-hydrogen) atoms. The van der Waals surface area contributed by atoms with Crippen molar-refractivity contribution in [1.29, 1.82) is 0 Å². The highest BCUT2D eigenvalue weighted by atomic mass is 19.3. The van der Waals surface area contributed by atoms with E-state index in [0.717, 1.165) is 18.9 Å². The number of halogens is 2. The summed E-state index contributed by atoms with van der Waals surface area (Å²) in [6.07, 6.45) is -0.523. The predicted octanol–water partition coefficient (Wildman–Crippen LogP) is 3.48. The number of benzene rings is 1. The van der Waals surface area contributed by atoms with E-state index in [2.05, 4.69) is 0 Å². The maximum Gasteiger partial charge on any atom is 0.270 e. The van der Waals surface area contributed by atoms with Crippen LogP contribution in [0.3, 0.4) is 0 Å². The van der Waals surface area contributed by atoms with E-state index in [1.165, 1.54) is 19.1 Å². The molecular weight excluding hydrogens is 282 g/mol. The number of piperidine rings is 1. The second-order valence-corrected chi connectivity index (χ2v) is 5.12. The summed E-state index contributed by atoms with van der Waals surface area (Å²) in [5.41, 5.74) is -0.543. The molecule has 1 unspecified atom stereocenters. The number of Topliss-reactive ketones (excluding diaryl/α,β-unsaturated/α-hetero) is 1. The number of rotatable bonds is 4. The molecule has 1 aliphatic rings. The maximum atomic E-state index is 13.2. The summed E-state index contributed by atoms with van der Waals surface area (Å²) >= 11 is 0. The van der Waals surface area contributed by atoms with Crippen LogP contribution in [0, 0.1) is 10.1 Å². The molecule has 0 radical (unpaired) electrons. The van der Waals surface area contributed by atoms with E-state index in [1.807, 2.05) is 0 Å². The van der Waals surface area contributed by atoms with Gasteiger partial charge in [0, 0.05) is 29.9 Å². The normalized spacial score (nSPS) is 18.9. The number of anilines is 1. The van der Waals surface area contributed by atoms with Gasteiger partial charge >= 0.3 is 0 Å². The number of nitro benzene ring substituents is 1. The Morgan fingerprint density at radius 2 is 2.14 bits per heavy atom. The van der Waals surface area contributed by atoms with Gasteiger partial charge in [-0.1, -0.05) is 0 Å². The van der Waals surface area contributed by atoms with Gasteiger partial charge in [-0.15, -0.1) is 0 Å². The molecule has 7 heteroatoms. The summed E-state index contributed by atoms with van der Waals surface area (Å²) in [6, 6.07) is 2.98. The molecule has 1 fully saturated rings. The molecule has 5 nitrogen and oxygen atoms in total. The topological polar surface area (TPSA) is 63.5 Å². The highest BCUT2D eigenvalue weighted by molar-refractivity contribution is 5.85. The van der Waals surface area contributed by atoms with Crippen LogP contribution in [0.2, 0.25) is 0 Å². The van der Waals surface area contributed by atoms with Gasteiger partial charge in [-0.05, 0) is 32.3 Å². The fraction of sp³-hybridized carbons (Fsp3) is 0.500. The molecule has 2 rings (SSSR count). The number of nitrogens with zero attached hydrogens (tertiary/aromatic N) is 2. The lowest BCUT2D eigenvalue weighted by Gasteiger charge is -2.37. The number of carbonyl (C=O) groups is 1. The summed E-state index contributed by atoms with van der Waals surface area (Å²) in [6.45, 7) is 1.94. The van der Waals surface area contributed by atoms with Gasteiger partial charge in [-0.3, -0.25) is 14.9 Å². The minimum atomic E-state index is -2.82. The average Bonchev–Trinajstić information content (AvgIpc) is 2.46. The largest absolute Gasteiger partial charge is 0.361 e. The first-order valence-corrected chi connectivity index (χ1v) is 6.75. The number of non-ortho nitro benzene ring substituents is 1. The highest BCUT2D eigenvalue weighted by Crippen LogP contribution is 2.36. The highest BCUT2D eigenvalue weighted by Gasteiger charge is 2.30. The van der Waals surface area contributed by atoms with Crippen LogP contribution in [0.4, 0.5) is 20.2 Å². The number of hydrogen-bond acceptors (Lipinski definition) is 4. The molecular formula is C14H16F2N2O3. The van der Waals surface area contributed by atoms with Crippen molar-refractivity contribution in [3.63, 3.8) is 0 Å². The van der Waals surface area contributed by atoms with E-state index in [4.69, 9.17) is 0 Å². The second-order valence-electron chi connectivity index (χ2n) is 5.12. The summed E-state index contributed by atoms with van der Waals surface area (Å²) < 4.78 is 26.4. The minimum absolute atomic E-state index is 0.0757. The lowest BCUT2D eigenvalue weighted by molar-refractivity contribution is -0.385. The Balaban J connectivity index is 2.46. The zero-order chi connectivity index (χ0) is 15.6. The van der Waals surface area contributed by atoms with Gasteiger partial charge in [0.25, 0.3) is 12.1 Å². The third-order valence-electron chi connectivity index (χ3n) is 3.74. The van der Waals surface area contributed by atoms with Gasteiger partial charge < -0.3 is 4.90 Å². The quantitative estimate of drug-likeness (QED) is 0.630. The van der Waals surface area contributed by atoms with Gasteiger partial charge in [0.2, 0.25) is 0 Å². The van der Waals surface area contributed by atoms with Crippen molar-refractivity contribution in [2.24, 2.45) is 0 Å². The van der Waals surface area contributed by atoms with Crippen molar-refractivity contribution >= 4 is 17.2 Å². The smallest absolute Gasteiger partial charge is 0.270 e. The molecule has 1 aromatic carbocycles. The monoisotopic (exact) mass is 298 g/mol. The minimum Gasteiger partial charge on any atom is -0.361 e. The fourth-order valence-electron chi connectivity index (χ4n) is 2.73. The molecule has 0 saturated carbocycles. The van der Waals surface area contributed by atoms with Crippen molar-refractivity contribution < 1.29 is 18.5 Å². The number of hydrogen-bond donors (Lipinski definition) is 0. The molecule has 1 heterocycles. The molecule has 1 saturated heterocycles. The molecule has 0 aromatic heterocycles. The van der Waals surface area contributed by atoms with Gasteiger partial charge in [0.05, 0.1) is 11.0 Å². The molecule has 0 bridgehead atoms. The van der Waals surface area contributed by atoms with E-state index in [0.29, 0.717) is 13.0 Å². The van der Waals surface area contributed by atoms with Crippen molar-refractivity contribution in [2.75, 3.05) is 11.4 Å². The van der Waals surface area contributed by atoms with Crippen LogP contribution in [-0.4, -0.2) is 23.3 Å². The van der Waals surface area contributed by atoms with Crippen LogP contribution in [0.5, 0.6) is 0 Å². The Morgan fingerprint density at radius 3 is 2.71 bits per heavy atom. The zero-order valence-electron chi connectivity index (χ0n) is 11.6. The Hall–Kier alpha value is -2.05. The Kier molecular flexibility index (Phi) is 4.50. The first kappa shape index (κ1) is 15.3. The predicted molar refractivity (Wildman–Crippen MR) is 73.7 cm³/mol.